The Hall–Kier alpha value is -7.42. The average molecular weight is 775 g/mol. The summed E-state index contributed by atoms with van der Waals surface area (Å²) < 4.78 is 2.36. The highest BCUT2D eigenvalue weighted by Crippen LogP contribution is 2.39. The highest BCUT2D eigenvalue weighted by atomic mass is 15.1. The molecule has 2 nitrogen and oxygen atoms in total. The standard InChI is InChI=1S/C54H38N2.2C2H6/c1-4-12-39(13-5-1)42-24-31-48(32-25-42)55(49-33-26-43(27-34-49)40-14-6-2-7-15-40)50-35-28-44(29-36-50)41-20-22-45(23-21-41)46-30-37-54-52(38-46)51-18-10-11-19-53(51)56(54)47-16-8-3-9-17-47;2*1-2/h1-38H;2*1-2H3. The number of hydrogen-bond donors (Lipinski definition) is 0. The quantitative estimate of drug-likeness (QED) is 0.149. The first kappa shape index (κ1) is 39.4. The van der Waals surface area contributed by atoms with Gasteiger partial charge in [0, 0.05) is 33.5 Å². The second-order valence-corrected chi connectivity index (χ2v) is 14.2. The Kier molecular flexibility index (Phi) is 12.1. The maximum atomic E-state index is 2.36. The highest BCUT2D eigenvalue weighted by Gasteiger charge is 2.15. The van der Waals surface area contributed by atoms with Gasteiger partial charge in [-0.25, -0.2) is 0 Å². The van der Waals surface area contributed by atoms with Gasteiger partial charge in [-0.2, -0.15) is 0 Å². The van der Waals surface area contributed by atoms with Crippen molar-refractivity contribution in [3.05, 3.63) is 231 Å². The Morgan fingerprint density at radius 1 is 0.267 bits per heavy atom. The van der Waals surface area contributed by atoms with E-state index in [1.807, 2.05) is 27.7 Å². The molecule has 0 fully saturated rings. The van der Waals surface area contributed by atoms with Crippen LogP contribution in [0.2, 0.25) is 0 Å². The number of hydrogen-bond acceptors (Lipinski definition) is 1. The van der Waals surface area contributed by atoms with Gasteiger partial charge in [0.1, 0.15) is 0 Å². The van der Waals surface area contributed by atoms with Gasteiger partial charge in [0.2, 0.25) is 0 Å². The molecule has 292 valence electrons. The second kappa shape index (κ2) is 18.4. The summed E-state index contributed by atoms with van der Waals surface area (Å²) in [6.07, 6.45) is 0. The molecule has 60 heavy (non-hydrogen) atoms. The molecule has 0 saturated carbocycles. The summed E-state index contributed by atoms with van der Waals surface area (Å²) in [5, 5.41) is 2.52. The molecular formula is C58H50N2. The number of para-hydroxylation sites is 2. The third kappa shape index (κ3) is 8.01. The van der Waals surface area contributed by atoms with Crippen molar-refractivity contribution in [3.8, 4) is 50.2 Å². The zero-order valence-corrected chi connectivity index (χ0v) is 34.8. The molecule has 0 spiro atoms. The summed E-state index contributed by atoms with van der Waals surface area (Å²) in [6, 6.07) is 82.9. The van der Waals surface area contributed by atoms with Crippen LogP contribution in [0.25, 0.3) is 72.0 Å². The van der Waals surface area contributed by atoms with E-state index in [1.165, 1.54) is 72.0 Å². The number of anilines is 3. The average Bonchev–Trinajstić information content (AvgIpc) is 3.68. The van der Waals surface area contributed by atoms with Gasteiger partial charge in [0.15, 0.2) is 0 Å². The predicted octanol–water partition coefficient (Wildman–Crippen LogP) is 17.0. The number of benzene rings is 9. The van der Waals surface area contributed by atoms with Crippen molar-refractivity contribution < 1.29 is 0 Å². The van der Waals surface area contributed by atoms with Crippen molar-refractivity contribution in [2.24, 2.45) is 0 Å². The van der Waals surface area contributed by atoms with Crippen LogP contribution in [0.4, 0.5) is 17.1 Å². The van der Waals surface area contributed by atoms with E-state index in [0.717, 1.165) is 17.1 Å². The molecule has 0 radical (unpaired) electrons. The van der Waals surface area contributed by atoms with E-state index in [9.17, 15) is 0 Å². The molecule has 9 aromatic carbocycles. The van der Waals surface area contributed by atoms with Gasteiger partial charge in [-0.1, -0.05) is 191 Å². The van der Waals surface area contributed by atoms with Crippen molar-refractivity contribution in [2.45, 2.75) is 27.7 Å². The minimum atomic E-state index is 1.10. The van der Waals surface area contributed by atoms with Crippen molar-refractivity contribution >= 4 is 38.9 Å². The molecule has 10 aromatic rings. The molecule has 0 aliphatic heterocycles. The molecule has 0 N–H and O–H groups in total. The molecule has 0 saturated heterocycles. The van der Waals surface area contributed by atoms with Crippen LogP contribution in [0.5, 0.6) is 0 Å². The largest absolute Gasteiger partial charge is 0.311 e. The summed E-state index contributed by atoms with van der Waals surface area (Å²) in [5.41, 5.74) is 16.5. The number of nitrogens with zero attached hydrogens (tertiary/aromatic N) is 2. The van der Waals surface area contributed by atoms with Crippen LogP contribution in [0.3, 0.4) is 0 Å². The number of rotatable bonds is 8. The van der Waals surface area contributed by atoms with E-state index in [-0.39, 0.29) is 0 Å². The fourth-order valence-electron chi connectivity index (χ4n) is 7.98. The maximum absolute atomic E-state index is 2.36. The third-order valence-electron chi connectivity index (χ3n) is 10.8. The Morgan fingerprint density at radius 2 is 0.583 bits per heavy atom. The van der Waals surface area contributed by atoms with Gasteiger partial charge in [-0.15, -0.1) is 0 Å². The Morgan fingerprint density at radius 3 is 1.03 bits per heavy atom. The zero-order chi connectivity index (χ0) is 41.3. The molecule has 2 heteroatoms. The Balaban J connectivity index is 0.00000121. The molecule has 0 atom stereocenters. The number of aromatic nitrogens is 1. The lowest BCUT2D eigenvalue weighted by Crippen LogP contribution is -2.09. The molecule has 0 bridgehead atoms. The molecule has 10 rings (SSSR count). The first-order valence-electron chi connectivity index (χ1n) is 21.2. The van der Waals surface area contributed by atoms with Gasteiger partial charge in [-0.05, 0) is 111 Å². The van der Waals surface area contributed by atoms with Gasteiger partial charge in [0.25, 0.3) is 0 Å². The van der Waals surface area contributed by atoms with Crippen molar-refractivity contribution in [1.82, 2.24) is 4.57 Å². The lowest BCUT2D eigenvalue weighted by Gasteiger charge is -2.26. The topological polar surface area (TPSA) is 8.17 Å². The number of fused-ring (bicyclic) bond motifs is 3. The summed E-state index contributed by atoms with van der Waals surface area (Å²) >= 11 is 0. The fourth-order valence-corrected chi connectivity index (χ4v) is 7.98. The first-order chi connectivity index (χ1) is 29.8. The molecule has 0 aliphatic carbocycles. The smallest absolute Gasteiger partial charge is 0.0541 e. The van der Waals surface area contributed by atoms with E-state index in [1.54, 1.807) is 0 Å². The third-order valence-corrected chi connectivity index (χ3v) is 10.8. The monoisotopic (exact) mass is 774 g/mol. The summed E-state index contributed by atoms with van der Waals surface area (Å²) in [6.45, 7) is 8.00. The lowest BCUT2D eigenvalue weighted by atomic mass is 9.98. The summed E-state index contributed by atoms with van der Waals surface area (Å²) in [5.74, 6) is 0. The minimum absolute atomic E-state index is 1.10. The maximum Gasteiger partial charge on any atom is 0.0541 e. The Labute approximate surface area is 355 Å². The van der Waals surface area contributed by atoms with Crippen molar-refractivity contribution in [1.29, 1.82) is 0 Å². The van der Waals surface area contributed by atoms with Gasteiger partial charge < -0.3 is 9.47 Å². The van der Waals surface area contributed by atoms with Crippen LogP contribution in [0, 0.1) is 0 Å². The van der Waals surface area contributed by atoms with Gasteiger partial charge >= 0.3 is 0 Å². The molecular weight excluding hydrogens is 725 g/mol. The van der Waals surface area contributed by atoms with E-state index < -0.39 is 0 Å². The van der Waals surface area contributed by atoms with E-state index in [2.05, 4.69) is 240 Å². The summed E-state index contributed by atoms with van der Waals surface area (Å²) in [7, 11) is 0. The summed E-state index contributed by atoms with van der Waals surface area (Å²) in [4.78, 5) is 2.33. The van der Waals surface area contributed by atoms with Crippen LogP contribution in [-0.4, -0.2) is 4.57 Å². The van der Waals surface area contributed by atoms with Gasteiger partial charge in [-0.3, -0.25) is 0 Å². The highest BCUT2D eigenvalue weighted by molar-refractivity contribution is 6.10. The van der Waals surface area contributed by atoms with Crippen LogP contribution < -0.4 is 4.90 Å². The SMILES string of the molecule is CC.CC.c1ccc(-c2ccc(N(c3ccc(-c4ccccc4)cc3)c3ccc(-c4ccc(-c5ccc6c(c5)c5ccccc5n6-c5ccccc5)cc4)cc3)cc2)cc1. The van der Waals surface area contributed by atoms with Crippen molar-refractivity contribution in [3.63, 3.8) is 0 Å². The van der Waals surface area contributed by atoms with Crippen LogP contribution in [-0.2, 0) is 0 Å². The first-order valence-corrected chi connectivity index (χ1v) is 21.2. The second-order valence-electron chi connectivity index (χ2n) is 14.2. The molecule has 1 aromatic heterocycles. The Bertz CT molecular complexity index is 2810. The normalized spacial score (nSPS) is 10.7. The van der Waals surface area contributed by atoms with Crippen LogP contribution in [0.15, 0.2) is 231 Å². The molecule has 0 unspecified atom stereocenters. The zero-order valence-electron chi connectivity index (χ0n) is 34.8. The van der Waals surface area contributed by atoms with Crippen LogP contribution >= 0.6 is 0 Å². The van der Waals surface area contributed by atoms with Crippen molar-refractivity contribution in [2.75, 3.05) is 4.90 Å². The van der Waals surface area contributed by atoms with E-state index in [0.29, 0.717) is 0 Å². The molecule has 0 amide bonds. The lowest BCUT2D eigenvalue weighted by molar-refractivity contribution is 1.18. The molecule has 0 aliphatic rings. The predicted molar refractivity (Wildman–Crippen MR) is 260 cm³/mol. The van der Waals surface area contributed by atoms with Gasteiger partial charge in [0.05, 0.1) is 11.0 Å². The molecule has 1 heterocycles. The minimum Gasteiger partial charge on any atom is -0.311 e. The van der Waals surface area contributed by atoms with E-state index in [4.69, 9.17) is 0 Å². The fraction of sp³-hybridized carbons (Fsp3) is 0.0690. The van der Waals surface area contributed by atoms with E-state index >= 15 is 0 Å². The van der Waals surface area contributed by atoms with Crippen LogP contribution in [0.1, 0.15) is 27.7 Å².